The highest BCUT2D eigenvalue weighted by molar-refractivity contribution is 6.04. The molecule has 7 nitrogen and oxygen atoms in total. The highest BCUT2D eigenvalue weighted by Gasteiger charge is 2.36. The Morgan fingerprint density at radius 1 is 1.17 bits per heavy atom. The van der Waals surface area contributed by atoms with Crippen LogP contribution >= 0.6 is 0 Å². The van der Waals surface area contributed by atoms with E-state index >= 15 is 0 Å². The summed E-state index contributed by atoms with van der Waals surface area (Å²) in [6.07, 6.45) is 0.869. The minimum absolute atomic E-state index is 0.0891. The van der Waals surface area contributed by atoms with E-state index in [-0.39, 0.29) is 11.3 Å². The largest absolute Gasteiger partial charge is 0.393 e. The lowest BCUT2D eigenvalue weighted by Gasteiger charge is -2.31. The van der Waals surface area contributed by atoms with Gasteiger partial charge in [-0.2, -0.15) is 0 Å². The molecule has 1 aromatic heterocycles. The molecule has 2 aromatic rings. The van der Waals surface area contributed by atoms with Gasteiger partial charge in [-0.25, -0.2) is 0 Å². The molecular weight excluding hydrogens is 370 g/mol. The van der Waals surface area contributed by atoms with Gasteiger partial charge in [0, 0.05) is 31.7 Å². The Morgan fingerprint density at radius 3 is 2.62 bits per heavy atom. The van der Waals surface area contributed by atoms with Gasteiger partial charge in [-0.1, -0.05) is 49.3 Å². The van der Waals surface area contributed by atoms with Crippen LogP contribution < -0.4 is 4.90 Å². The molecule has 1 atom stereocenters. The average Bonchev–Trinajstić information content (AvgIpc) is 3.10. The van der Waals surface area contributed by atoms with Crippen molar-refractivity contribution in [2.24, 2.45) is 5.41 Å². The molecule has 156 valence electrons. The lowest BCUT2D eigenvalue weighted by molar-refractivity contribution is 0.0704. The number of anilines is 1. The van der Waals surface area contributed by atoms with Crippen LogP contribution in [-0.2, 0) is 4.74 Å². The van der Waals surface area contributed by atoms with Crippen LogP contribution in [0.5, 0.6) is 0 Å². The molecule has 0 spiro atoms. The van der Waals surface area contributed by atoms with Crippen LogP contribution in [0.25, 0.3) is 11.3 Å². The maximum Gasteiger partial charge on any atom is 0.261 e. The van der Waals surface area contributed by atoms with Crippen molar-refractivity contribution in [2.45, 2.75) is 32.8 Å². The molecule has 0 radical (unpaired) electrons. The van der Waals surface area contributed by atoms with E-state index in [2.05, 4.69) is 23.9 Å². The van der Waals surface area contributed by atoms with E-state index in [1.54, 1.807) is 0 Å². The first-order valence-corrected chi connectivity index (χ1v) is 10.3. The number of hydrogen-bond acceptors (Lipinski definition) is 6. The summed E-state index contributed by atoms with van der Waals surface area (Å²) in [5.74, 6) is 0.994. The molecule has 29 heavy (non-hydrogen) atoms. The molecule has 1 N–H and O–H groups in total. The van der Waals surface area contributed by atoms with Gasteiger partial charge in [-0.15, -0.1) is 0 Å². The van der Waals surface area contributed by atoms with Crippen molar-refractivity contribution in [2.75, 3.05) is 44.3 Å². The lowest BCUT2D eigenvalue weighted by atomic mass is 9.87. The minimum Gasteiger partial charge on any atom is -0.393 e. The van der Waals surface area contributed by atoms with Crippen LogP contribution in [0.4, 0.5) is 5.82 Å². The number of benzene rings is 1. The van der Waals surface area contributed by atoms with Gasteiger partial charge < -0.3 is 24.2 Å². The maximum atomic E-state index is 13.8. The second-order valence-electron chi connectivity index (χ2n) is 8.71. The molecule has 2 aliphatic heterocycles. The molecule has 2 aliphatic rings. The molecule has 0 bridgehead atoms. The molecule has 7 heteroatoms. The fourth-order valence-corrected chi connectivity index (χ4v) is 4.29. The van der Waals surface area contributed by atoms with Crippen LogP contribution in [-0.4, -0.2) is 66.6 Å². The number of ether oxygens (including phenoxy) is 1. The number of hydrogen-bond donors (Lipinski definition) is 1. The highest BCUT2D eigenvalue weighted by Crippen LogP contribution is 2.35. The standard InChI is InChI=1S/C22H29N3O4/c1-22(2)14-17(26)8-9-25(15-22)21(27)18-19(16-6-4-3-5-7-16)29-23-20(18)24-10-12-28-13-11-24/h3-7,17,26H,8-15H2,1-2H3. The number of rotatable bonds is 3. The first-order valence-electron chi connectivity index (χ1n) is 10.3. The first-order chi connectivity index (χ1) is 13.9. The second kappa shape index (κ2) is 8.16. The predicted octanol–water partition coefficient (Wildman–Crippen LogP) is 2.80. The van der Waals surface area contributed by atoms with Gasteiger partial charge in [-0.3, -0.25) is 4.79 Å². The SMILES string of the molecule is CC1(C)CC(O)CCN(C(=O)c2c(N3CCOCC3)noc2-c2ccccc2)C1. The third-order valence-corrected chi connectivity index (χ3v) is 5.66. The molecule has 1 amide bonds. The quantitative estimate of drug-likeness (QED) is 0.855. The van der Waals surface area contributed by atoms with E-state index < -0.39 is 6.10 Å². The van der Waals surface area contributed by atoms with Gasteiger partial charge in [0.25, 0.3) is 5.91 Å². The topological polar surface area (TPSA) is 79.0 Å². The molecular formula is C22H29N3O4. The number of aliphatic hydroxyl groups is 1. The van der Waals surface area contributed by atoms with Crippen molar-refractivity contribution in [3.8, 4) is 11.3 Å². The fourth-order valence-electron chi connectivity index (χ4n) is 4.29. The van der Waals surface area contributed by atoms with Crippen molar-refractivity contribution in [1.82, 2.24) is 10.1 Å². The van der Waals surface area contributed by atoms with Gasteiger partial charge in [0.1, 0.15) is 5.56 Å². The number of amides is 1. The monoisotopic (exact) mass is 399 g/mol. The van der Waals surface area contributed by atoms with Gasteiger partial charge in [0.2, 0.25) is 0 Å². The number of morpholine rings is 1. The number of carbonyl (C=O) groups excluding carboxylic acids is 1. The number of nitrogens with zero attached hydrogens (tertiary/aromatic N) is 3. The summed E-state index contributed by atoms with van der Waals surface area (Å²) >= 11 is 0. The van der Waals surface area contributed by atoms with E-state index in [1.165, 1.54) is 0 Å². The number of aromatic nitrogens is 1. The van der Waals surface area contributed by atoms with E-state index in [0.29, 0.717) is 69.4 Å². The Kier molecular flexibility index (Phi) is 5.61. The Hall–Kier alpha value is -2.38. The molecule has 0 aliphatic carbocycles. The average molecular weight is 399 g/mol. The third kappa shape index (κ3) is 4.31. The van der Waals surface area contributed by atoms with Crippen molar-refractivity contribution in [3.05, 3.63) is 35.9 Å². The van der Waals surface area contributed by atoms with E-state index in [1.807, 2.05) is 35.2 Å². The fraction of sp³-hybridized carbons (Fsp3) is 0.545. The zero-order valence-corrected chi connectivity index (χ0v) is 17.1. The lowest BCUT2D eigenvalue weighted by Crippen LogP contribution is -2.40. The zero-order valence-electron chi connectivity index (χ0n) is 17.1. The van der Waals surface area contributed by atoms with Crippen LogP contribution in [0, 0.1) is 5.41 Å². The van der Waals surface area contributed by atoms with Crippen molar-refractivity contribution in [3.63, 3.8) is 0 Å². The second-order valence-corrected chi connectivity index (χ2v) is 8.71. The Balaban J connectivity index is 1.73. The van der Waals surface area contributed by atoms with Gasteiger partial charge in [-0.05, 0) is 18.3 Å². The van der Waals surface area contributed by atoms with E-state index in [0.717, 1.165) is 5.56 Å². The Labute approximate surface area is 171 Å². The van der Waals surface area contributed by atoms with Gasteiger partial charge >= 0.3 is 0 Å². The van der Waals surface area contributed by atoms with Crippen LogP contribution in [0.3, 0.4) is 0 Å². The molecule has 1 aromatic carbocycles. The van der Waals surface area contributed by atoms with Gasteiger partial charge in [0.05, 0.1) is 19.3 Å². The van der Waals surface area contributed by atoms with Crippen LogP contribution in [0.15, 0.2) is 34.9 Å². The zero-order chi connectivity index (χ0) is 20.4. The normalized spacial score (nSPS) is 22.4. The smallest absolute Gasteiger partial charge is 0.261 e. The number of aliphatic hydroxyl groups excluding tert-OH is 1. The molecule has 1 unspecified atom stereocenters. The van der Waals surface area contributed by atoms with Crippen molar-refractivity contribution < 1.29 is 19.2 Å². The third-order valence-electron chi connectivity index (χ3n) is 5.66. The van der Waals surface area contributed by atoms with E-state index in [4.69, 9.17) is 9.26 Å². The summed E-state index contributed by atoms with van der Waals surface area (Å²) in [6.45, 7) is 7.84. The van der Waals surface area contributed by atoms with Crippen molar-refractivity contribution in [1.29, 1.82) is 0 Å². The minimum atomic E-state index is -0.391. The molecule has 2 saturated heterocycles. The van der Waals surface area contributed by atoms with Gasteiger partial charge in [0.15, 0.2) is 11.6 Å². The summed E-state index contributed by atoms with van der Waals surface area (Å²) in [5, 5.41) is 14.6. The molecule has 2 fully saturated rings. The Morgan fingerprint density at radius 2 is 1.90 bits per heavy atom. The predicted molar refractivity (Wildman–Crippen MR) is 110 cm³/mol. The summed E-state index contributed by atoms with van der Waals surface area (Å²) in [4.78, 5) is 17.7. The first kappa shape index (κ1) is 19.9. The van der Waals surface area contributed by atoms with Crippen molar-refractivity contribution >= 4 is 11.7 Å². The maximum absolute atomic E-state index is 13.8. The van der Waals surface area contributed by atoms with E-state index in [9.17, 15) is 9.90 Å². The molecule has 0 saturated carbocycles. The summed E-state index contributed by atoms with van der Waals surface area (Å²) < 4.78 is 11.2. The van der Waals surface area contributed by atoms with Crippen LogP contribution in [0.1, 0.15) is 37.0 Å². The number of carbonyl (C=O) groups is 1. The summed E-state index contributed by atoms with van der Waals surface area (Å²) in [5.41, 5.74) is 1.18. The molecule has 4 rings (SSSR count). The summed E-state index contributed by atoms with van der Waals surface area (Å²) in [6, 6.07) is 9.63. The molecule has 3 heterocycles. The summed E-state index contributed by atoms with van der Waals surface area (Å²) in [7, 11) is 0. The highest BCUT2D eigenvalue weighted by atomic mass is 16.5. The van der Waals surface area contributed by atoms with Crippen LogP contribution in [0.2, 0.25) is 0 Å². The number of likely N-dealkylation sites (tertiary alicyclic amines) is 1. The Bertz CT molecular complexity index is 843.